The molecule has 3 aliphatic rings. The second kappa shape index (κ2) is 13.9. The van der Waals surface area contributed by atoms with Crippen molar-refractivity contribution < 1.29 is 41.0 Å². The lowest BCUT2D eigenvalue weighted by molar-refractivity contribution is -0.192. The SMILES string of the molecule is NCc1ccnc(OCC2CC(C3CCCCC3)CN(S(=O)(=O)N3CCOCC3)C2)c1.O=C(O)C(F)(F)F. The summed E-state index contributed by atoms with van der Waals surface area (Å²) in [6.07, 6.45) is 3.87. The monoisotopic (exact) mass is 566 g/mol. The highest BCUT2D eigenvalue weighted by Crippen LogP contribution is 2.37. The number of hydrogen-bond acceptors (Lipinski definition) is 7. The minimum Gasteiger partial charge on any atom is -0.477 e. The number of carbonyl (C=O) groups is 1. The molecule has 2 unspecified atom stereocenters. The van der Waals surface area contributed by atoms with Gasteiger partial charge in [0.2, 0.25) is 5.88 Å². The second-order valence-corrected chi connectivity index (χ2v) is 11.8. The molecule has 0 radical (unpaired) electrons. The summed E-state index contributed by atoms with van der Waals surface area (Å²) in [6, 6.07) is 3.74. The first-order valence-electron chi connectivity index (χ1n) is 12.9. The first-order chi connectivity index (χ1) is 18.0. The Bertz CT molecular complexity index is 1000. The second-order valence-electron chi connectivity index (χ2n) is 9.92. The fourth-order valence-electron chi connectivity index (χ4n) is 5.26. The number of alkyl halides is 3. The highest BCUT2D eigenvalue weighted by molar-refractivity contribution is 7.86. The Morgan fingerprint density at radius 1 is 1.13 bits per heavy atom. The molecule has 0 spiro atoms. The molecule has 10 nitrogen and oxygen atoms in total. The van der Waals surface area contributed by atoms with Gasteiger partial charge in [0.15, 0.2) is 0 Å². The number of carboxylic acids is 1. The summed E-state index contributed by atoms with van der Waals surface area (Å²) in [5, 5.41) is 7.12. The fraction of sp³-hybridized carbons (Fsp3) is 0.750. The molecule has 3 N–H and O–H groups in total. The summed E-state index contributed by atoms with van der Waals surface area (Å²) in [6.45, 7) is 3.84. The van der Waals surface area contributed by atoms with E-state index in [1.165, 1.54) is 32.1 Å². The van der Waals surface area contributed by atoms with Crippen LogP contribution in [0.1, 0.15) is 44.1 Å². The van der Waals surface area contributed by atoms with Crippen LogP contribution in [-0.4, -0.2) is 85.3 Å². The molecule has 1 saturated carbocycles. The Labute approximate surface area is 221 Å². The van der Waals surface area contributed by atoms with E-state index in [1.54, 1.807) is 14.8 Å². The van der Waals surface area contributed by atoms with Gasteiger partial charge in [-0.25, -0.2) is 9.78 Å². The number of aliphatic carboxylic acids is 1. The number of aromatic nitrogens is 1. The van der Waals surface area contributed by atoms with Gasteiger partial charge in [-0.3, -0.25) is 0 Å². The van der Waals surface area contributed by atoms with Crippen molar-refractivity contribution in [2.75, 3.05) is 46.0 Å². The van der Waals surface area contributed by atoms with Gasteiger partial charge in [0.05, 0.1) is 19.8 Å². The Morgan fingerprint density at radius 2 is 1.79 bits per heavy atom. The number of nitrogens with zero attached hydrogens (tertiary/aromatic N) is 3. The highest BCUT2D eigenvalue weighted by Gasteiger charge is 2.40. The number of carboxylic acid groups (broad SMARTS) is 1. The molecule has 1 aliphatic carbocycles. The Kier molecular flexibility index (Phi) is 11.2. The third-order valence-corrected chi connectivity index (χ3v) is 9.19. The van der Waals surface area contributed by atoms with Gasteiger partial charge < -0.3 is 20.3 Å². The predicted molar refractivity (Wildman–Crippen MR) is 132 cm³/mol. The van der Waals surface area contributed by atoms with E-state index in [-0.39, 0.29) is 5.92 Å². The summed E-state index contributed by atoms with van der Waals surface area (Å²) in [5.41, 5.74) is 6.70. The van der Waals surface area contributed by atoms with Crippen LogP contribution < -0.4 is 10.5 Å². The Balaban J connectivity index is 0.000000505. The zero-order chi connectivity index (χ0) is 27.8. The normalized spacial score (nSPS) is 24.3. The lowest BCUT2D eigenvalue weighted by Gasteiger charge is -2.43. The minimum absolute atomic E-state index is 0.153. The van der Waals surface area contributed by atoms with Crippen LogP contribution in [0.25, 0.3) is 0 Å². The maximum Gasteiger partial charge on any atom is 0.490 e. The van der Waals surface area contributed by atoms with Crippen LogP contribution in [0.5, 0.6) is 5.88 Å². The lowest BCUT2D eigenvalue weighted by atomic mass is 9.75. The molecule has 216 valence electrons. The molecule has 2 atom stereocenters. The molecule has 38 heavy (non-hydrogen) atoms. The van der Waals surface area contributed by atoms with Crippen molar-refractivity contribution in [3.8, 4) is 5.88 Å². The van der Waals surface area contributed by atoms with E-state index >= 15 is 0 Å². The number of hydrogen-bond donors (Lipinski definition) is 2. The number of rotatable bonds is 7. The third-order valence-electron chi connectivity index (χ3n) is 7.22. The van der Waals surface area contributed by atoms with Gasteiger partial charge in [-0.2, -0.15) is 30.2 Å². The summed E-state index contributed by atoms with van der Waals surface area (Å²) in [5.74, 6) is -1.04. The van der Waals surface area contributed by atoms with Crippen LogP contribution in [0.2, 0.25) is 0 Å². The number of morpholine rings is 1. The van der Waals surface area contributed by atoms with E-state index in [2.05, 4.69) is 4.98 Å². The van der Waals surface area contributed by atoms with Crippen LogP contribution in [0, 0.1) is 17.8 Å². The quantitative estimate of drug-likeness (QED) is 0.514. The number of piperidine rings is 1. The molecule has 2 aliphatic heterocycles. The van der Waals surface area contributed by atoms with Gasteiger partial charge in [0, 0.05) is 50.9 Å². The van der Waals surface area contributed by atoms with E-state index in [9.17, 15) is 21.6 Å². The summed E-state index contributed by atoms with van der Waals surface area (Å²) >= 11 is 0. The molecule has 3 heterocycles. The number of ether oxygens (including phenoxy) is 2. The molecule has 3 fully saturated rings. The van der Waals surface area contributed by atoms with Gasteiger partial charge in [-0.05, 0) is 29.9 Å². The van der Waals surface area contributed by atoms with Crippen molar-refractivity contribution in [3.63, 3.8) is 0 Å². The largest absolute Gasteiger partial charge is 0.490 e. The van der Waals surface area contributed by atoms with Gasteiger partial charge in [0.25, 0.3) is 10.2 Å². The maximum atomic E-state index is 13.4. The van der Waals surface area contributed by atoms with E-state index in [4.69, 9.17) is 25.1 Å². The molecule has 14 heteroatoms. The zero-order valence-corrected chi connectivity index (χ0v) is 22.1. The third kappa shape index (κ3) is 8.76. The number of pyridine rings is 1. The molecule has 0 amide bonds. The van der Waals surface area contributed by atoms with Crippen molar-refractivity contribution in [2.24, 2.45) is 23.5 Å². The molecule has 4 rings (SSSR count). The molecule has 1 aromatic heterocycles. The van der Waals surface area contributed by atoms with Gasteiger partial charge in [0.1, 0.15) is 0 Å². The number of halogens is 3. The smallest absolute Gasteiger partial charge is 0.477 e. The Morgan fingerprint density at radius 3 is 2.39 bits per heavy atom. The molecular formula is C24H37F3N4O6S. The van der Waals surface area contributed by atoms with Crippen molar-refractivity contribution in [2.45, 2.75) is 51.2 Å². The van der Waals surface area contributed by atoms with Crippen molar-refractivity contribution in [3.05, 3.63) is 23.9 Å². The van der Waals surface area contributed by atoms with E-state index in [0.717, 1.165) is 12.0 Å². The van der Waals surface area contributed by atoms with Gasteiger partial charge >= 0.3 is 12.1 Å². The summed E-state index contributed by atoms with van der Waals surface area (Å²) < 4.78 is 73.2. The predicted octanol–water partition coefficient (Wildman–Crippen LogP) is 2.65. The van der Waals surface area contributed by atoms with Gasteiger partial charge in [-0.15, -0.1) is 0 Å². The maximum absolute atomic E-state index is 13.4. The van der Waals surface area contributed by atoms with Crippen molar-refractivity contribution in [1.82, 2.24) is 13.6 Å². The topological polar surface area (TPSA) is 135 Å². The van der Waals surface area contributed by atoms with E-state index < -0.39 is 22.4 Å². The fourth-order valence-corrected chi connectivity index (χ4v) is 6.97. The summed E-state index contributed by atoms with van der Waals surface area (Å²) in [4.78, 5) is 13.2. The number of nitrogens with two attached hydrogens (primary N) is 1. The van der Waals surface area contributed by atoms with Crippen LogP contribution in [0.4, 0.5) is 13.2 Å². The molecule has 1 aromatic rings. The van der Waals surface area contributed by atoms with E-state index in [1.807, 2.05) is 12.1 Å². The molecule has 0 bridgehead atoms. The van der Waals surface area contributed by atoms with Gasteiger partial charge in [-0.1, -0.05) is 32.1 Å². The zero-order valence-electron chi connectivity index (χ0n) is 21.3. The first kappa shape index (κ1) is 30.5. The standard InChI is InChI=1S/C22H36N4O4S.C2HF3O2/c23-14-18-6-7-24-22(13-18)30-17-19-12-21(20-4-2-1-3-5-20)16-26(15-19)31(27,28)25-8-10-29-11-9-25;3-2(4,5)1(6)7/h6-7,13,19-21H,1-5,8-12,14-17,23H2;(H,6,7). The van der Waals surface area contributed by atoms with Crippen LogP contribution in [0.15, 0.2) is 18.3 Å². The van der Waals surface area contributed by atoms with E-state index in [0.29, 0.717) is 70.3 Å². The average Bonchev–Trinajstić information content (AvgIpc) is 2.92. The summed E-state index contributed by atoms with van der Waals surface area (Å²) in [7, 11) is -3.48. The van der Waals surface area contributed by atoms with Crippen LogP contribution in [0.3, 0.4) is 0 Å². The van der Waals surface area contributed by atoms with Crippen LogP contribution >= 0.6 is 0 Å². The molecule has 2 saturated heterocycles. The Hall–Kier alpha value is -2.00. The van der Waals surface area contributed by atoms with Crippen molar-refractivity contribution >= 4 is 16.2 Å². The minimum atomic E-state index is -5.08. The molecule has 0 aromatic carbocycles. The van der Waals surface area contributed by atoms with Crippen molar-refractivity contribution in [1.29, 1.82) is 0 Å². The van der Waals surface area contributed by atoms with Crippen LogP contribution in [-0.2, 0) is 26.3 Å². The average molecular weight is 567 g/mol. The lowest BCUT2D eigenvalue weighted by Crippen LogP contribution is -2.54. The first-order valence-corrected chi connectivity index (χ1v) is 14.3. The highest BCUT2D eigenvalue weighted by atomic mass is 32.2. The molecular weight excluding hydrogens is 529 g/mol.